The molecule has 6 heteroatoms. The fourth-order valence-corrected chi connectivity index (χ4v) is 3.27. The summed E-state index contributed by atoms with van der Waals surface area (Å²) in [5.41, 5.74) is 2.10. The van der Waals surface area contributed by atoms with Crippen LogP contribution >= 0.6 is 0 Å². The Bertz CT molecular complexity index is 849. The van der Waals surface area contributed by atoms with Gasteiger partial charge in [-0.2, -0.15) is 0 Å². The topological polar surface area (TPSA) is 64.0 Å². The van der Waals surface area contributed by atoms with Gasteiger partial charge in [0.15, 0.2) is 0 Å². The second kappa shape index (κ2) is 7.13. The maximum atomic E-state index is 12.8. The average molecular weight is 401 g/mol. The van der Waals surface area contributed by atoms with Crippen LogP contribution in [0.4, 0.5) is 0 Å². The van der Waals surface area contributed by atoms with Crippen molar-refractivity contribution in [1.82, 2.24) is 9.80 Å². The van der Waals surface area contributed by atoms with Gasteiger partial charge < -0.3 is 0 Å². The van der Waals surface area contributed by atoms with Crippen molar-refractivity contribution in [2.24, 2.45) is 0 Å². The second-order valence-electron chi connectivity index (χ2n) is 5.81. The summed E-state index contributed by atoms with van der Waals surface area (Å²) in [6.07, 6.45) is 2.38. The van der Waals surface area contributed by atoms with Gasteiger partial charge in [-0.3, -0.25) is 0 Å². The normalized spacial score (nSPS) is 16.1. The summed E-state index contributed by atoms with van der Waals surface area (Å²) in [6.45, 7) is 0.564. The predicted octanol–water partition coefficient (Wildman–Crippen LogP) is 1.71. The van der Waals surface area contributed by atoms with Crippen LogP contribution in [0.1, 0.15) is 11.1 Å². The molecule has 128 valence electrons. The van der Waals surface area contributed by atoms with Crippen molar-refractivity contribution >= 4 is 32.2 Å². The van der Waals surface area contributed by atoms with Crippen LogP contribution in [0.25, 0.3) is 6.08 Å². The molecule has 1 fully saturated rings. The molecular weight excluding hydrogens is 383 g/mol. The summed E-state index contributed by atoms with van der Waals surface area (Å²) in [5, 5.41) is 19.3. The van der Waals surface area contributed by atoms with Crippen molar-refractivity contribution in [2.75, 3.05) is 13.6 Å². The van der Waals surface area contributed by atoms with Crippen molar-refractivity contribution in [2.45, 2.75) is 6.42 Å². The molecule has 1 aliphatic rings. The van der Waals surface area contributed by atoms with Gasteiger partial charge in [0.2, 0.25) is 0 Å². The van der Waals surface area contributed by atoms with E-state index in [0.717, 1.165) is 11.1 Å². The molecule has 1 aliphatic heterocycles. The fraction of sp³-hybridized carbons (Fsp3) is 0.158. The molecule has 0 radical (unpaired) electrons. The van der Waals surface area contributed by atoms with Gasteiger partial charge in [0.1, 0.15) is 0 Å². The van der Waals surface area contributed by atoms with E-state index in [-0.39, 0.29) is 17.4 Å². The van der Waals surface area contributed by atoms with Crippen LogP contribution in [-0.4, -0.2) is 59.8 Å². The van der Waals surface area contributed by atoms with E-state index in [2.05, 4.69) is 15.6 Å². The molecule has 0 spiro atoms. The molecular formula is C19H18N2O3Se. The summed E-state index contributed by atoms with van der Waals surface area (Å²) < 4.78 is 0.727. The summed E-state index contributed by atoms with van der Waals surface area (Å²) >= 11 is 2.95. The van der Waals surface area contributed by atoms with E-state index in [1.165, 1.54) is 17.7 Å². The third-order valence-electron chi connectivity index (χ3n) is 4.12. The number of hydrogen-bond donors (Lipinski definition) is 2. The number of phenols is 2. The molecule has 0 unspecified atom stereocenters. The summed E-state index contributed by atoms with van der Waals surface area (Å²) in [7, 11) is 1.80. The Morgan fingerprint density at radius 1 is 1.12 bits per heavy atom. The van der Waals surface area contributed by atoms with E-state index in [1.807, 2.05) is 30.3 Å². The number of benzene rings is 2. The minimum absolute atomic E-state index is 0.0219. The molecule has 1 saturated heterocycles. The monoisotopic (exact) mass is 402 g/mol. The standard InChI is InChI=1S/C19H18N2O3Se/c1-20-16(11-14-7-8-15(22)12-17(14)23)18(24)21(19(20)25)10-9-13-5-3-2-4-6-13/h2-8,11-12,22-23H,9-10H2,1H3. The van der Waals surface area contributed by atoms with Gasteiger partial charge in [-0.1, -0.05) is 0 Å². The van der Waals surface area contributed by atoms with Crippen molar-refractivity contribution in [1.29, 1.82) is 0 Å². The molecule has 0 aromatic heterocycles. The minimum atomic E-state index is -0.125. The maximum absolute atomic E-state index is 12.8. The van der Waals surface area contributed by atoms with Gasteiger partial charge >= 0.3 is 154 Å². The van der Waals surface area contributed by atoms with Crippen LogP contribution in [-0.2, 0) is 11.2 Å². The molecule has 25 heavy (non-hydrogen) atoms. The molecule has 1 heterocycles. The van der Waals surface area contributed by atoms with Crippen molar-refractivity contribution in [3.63, 3.8) is 0 Å². The Morgan fingerprint density at radius 2 is 1.84 bits per heavy atom. The molecule has 2 aromatic carbocycles. The Balaban J connectivity index is 1.81. The number of aromatic hydroxyl groups is 2. The fourth-order valence-electron chi connectivity index (χ4n) is 2.70. The van der Waals surface area contributed by atoms with Gasteiger partial charge in [-0.15, -0.1) is 0 Å². The number of amides is 1. The SMILES string of the molecule is CN1C(=[Se])N(CCc2ccccc2)C(=O)C1=Cc1ccc(O)cc1O. The van der Waals surface area contributed by atoms with E-state index in [0.29, 0.717) is 17.8 Å². The quantitative estimate of drug-likeness (QED) is 0.605. The molecule has 2 N–H and O–H groups in total. The number of nitrogens with zero attached hydrogens (tertiary/aromatic N) is 2. The Labute approximate surface area is 154 Å². The van der Waals surface area contributed by atoms with Crippen LogP contribution in [0.15, 0.2) is 54.2 Å². The molecule has 0 aliphatic carbocycles. The van der Waals surface area contributed by atoms with Crippen LogP contribution in [0, 0.1) is 0 Å². The van der Waals surface area contributed by atoms with Crippen LogP contribution in [0.5, 0.6) is 11.5 Å². The van der Waals surface area contributed by atoms with E-state index in [9.17, 15) is 15.0 Å². The molecule has 3 rings (SSSR count). The summed E-state index contributed by atoms with van der Waals surface area (Å²) in [5.74, 6) is -0.218. The Kier molecular flexibility index (Phi) is 4.93. The average Bonchev–Trinajstić information content (AvgIpc) is 2.80. The summed E-state index contributed by atoms with van der Waals surface area (Å²) in [6, 6.07) is 14.3. The number of carbonyl (C=O) groups is 1. The zero-order valence-electron chi connectivity index (χ0n) is 13.7. The third kappa shape index (κ3) is 3.60. The molecule has 0 bridgehead atoms. The number of rotatable bonds is 4. The van der Waals surface area contributed by atoms with Gasteiger partial charge in [0, 0.05) is 0 Å². The van der Waals surface area contributed by atoms with Crippen LogP contribution < -0.4 is 0 Å². The van der Waals surface area contributed by atoms with Crippen molar-refractivity contribution in [3.8, 4) is 11.5 Å². The molecule has 5 nitrogen and oxygen atoms in total. The van der Waals surface area contributed by atoms with Gasteiger partial charge in [-0.05, 0) is 0 Å². The van der Waals surface area contributed by atoms with E-state index in [4.69, 9.17) is 0 Å². The second-order valence-corrected chi connectivity index (χ2v) is 6.57. The van der Waals surface area contributed by atoms with Gasteiger partial charge in [-0.25, -0.2) is 0 Å². The first kappa shape index (κ1) is 17.3. The first-order chi connectivity index (χ1) is 12.0. The van der Waals surface area contributed by atoms with E-state index < -0.39 is 0 Å². The first-order valence-corrected chi connectivity index (χ1v) is 8.70. The van der Waals surface area contributed by atoms with Crippen LogP contribution in [0.2, 0.25) is 0 Å². The zero-order chi connectivity index (χ0) is 18.0. The molecule has 0 saturated carbocycles. The van der Waals surface area contributed by atoms with Crippen LogP contribution in [0.3, 0.4) is 0 Å². The number of hydrogen-bond acceptors (Lipinski definition) is 4. The third-order valence-corrected chi connectivity index (χ3v) is 5.15. The number of carbonyl (C=O) groups excluding carboxylic acids is 1. The van der Waals surface area contributed by atoms with Crippen molar-refractivity contribution in [3.05, 3.63) is 65.4 Å². The van der Waals surface area contributed by atoms with Gasteiger partial charge in [0.05, 0.1) is 0 Å². The van der Waals surface area contributed by atoms with Crippen molar-refractivity contribution < 1.29 is 15.0 Å². The first-order valence-electron chi connectivity index (χ1n) is 7.84. The number of likely N-dealkylation sites (N-methyl/N-ethyl adjacent to an activating group) is 1. The molecule has 2 aromatic rings. The zero-order valence-corrected chi connectivity index (χ0v) is 15.4. The molecule has 0 atom stereocenters. The van der Waals surface area contributed by atoms with Gasteiger partial charge in [0.25, 0.3) is 0 Å². The van der Waals surface area contributed by atoms with E-state index in [1.54, 1.807) is 29.0 Å². The summed E-state index contributed by atoms with van der Waals surface area (Å²) in [4.78, 5) is 16.2. The Morgan fingerprint density at radius 3 is 2.52 bits per heavy atom. The number of phenolic OH excluding ortho intramolecular Hbond substituents is 2. The Hall–Kier alpha value is -2.56. The predicted molar refractivity (Wildman–Crippen MR) is 98.1 cm³/mol. The van der Waals surface area contributed by atoms with E-state index >= 15 is 0 Å². The molecule has 1 amide bonds.